The molecule has 4 nitrogen and oxygen atoms in total. The molecule has 2 heterocycles. The van der Waals surface area contributed by atoms with Gasteiger partial charge < -0.3 is 9.84 Å². The van der Waals surface area contributed by atoms with Crippen LogP contribution in [-0.2, 0) is 6.54 Å². The van der Waals surface area contributed by atoms with Gasteiger partial charge in [0, 0.05) is 22.0 Å². The van der Waals surface area contributed by atoms with Gasteiger partial charge in [0.05, 0.1) is 29.2 Å². The number of hydrogen-bond donors (Lipinski definition) is 1. The summed E-state index contributed by atoms with van der Waals surface area (Å²) in [6, 6.07) is 9.49. The smallest absolute Gasteiger partial charge is 0.166 e. The second-order valence-corrected chi connectivity index (χ2v) is 7.12. The molecular formula is C17H16N2O2S2. The first kappa shape index (κ1) is 15.7. The SMILES string of the molecule is COc1cccc(C=NCc2ccc(-c3csc(C)n3)s2)c1O. The van der Waals surface area contributed by atoms with Crippen molar-refractivity contribution >= 4 is 28.9 Å². The van der Waals surface area contributed by atoms with Crippen LogP contribution in [0.5, 0.6) is 11.5 Å². The Morgan fingerprint density at radius 3 is 2.91 bits per heavy atom. The van der Waals surface area contributed by atoms with Gasteiger partial charge in [-0.05, 0) is 31.2 Å². The van der Waals surface area contributed by atoms with Crippen LogP contribution in [0.2, 0.25) is 0 Å². The second-order valence-electron chi connectivity index (χ2n) is 4.89. The average Bonchev–Trinajstić information content (AvgIpc) is 3.18. The number of thiazole rings is 1. The number of thiophene rings is 1. The second kappa shape index (κ2) is 6.93. The van der Waals surface area contributed by atoms with Gasteiger partial charge in [-0.25, -0.2) is 4.98 Å². The number of aromatic nitrogens is 1. The third-order valence-corrected chi connectivity index (χ3v) is 5.13. The van der Waals surface area contributed by atoms with Crippen LogP contribution in [0.4, 0.5) is 0 Å². The Labute approximate surface area is 142 Å². The van der Waals surface area contributed by atoms with Crippen molar-refractivity contribution in [1.29, 1.82) is 0 Å². The van der Waals surface area contributed by atoms with E-state index in [2.05, 4.69) is 27.5 Å². The highest BCUT2D eigenvalue weighted by molar-refractivity contribution is 7.16. The summed E-state index contributed by atoms with van der Waals surface area (Å²) in [5, 5.41) is 13.2. The van der Waals surface area contributed by atoms with Crippen molar-refractivity contribution in [3.63, 3.8) is 0 Å². The molecular weight excluding hydrogens is 328 g/mol. The lowest BCUT2D eigenvalue weighted by molar-refractivity contribution is 0.373. The van der Waals surface area contributed by atoms with E-state index in [0.29, 0.717) is 17.9 Å². The van der Waals surface area contributed by atoms with Gasteiger partial charge in [-0.15, -0.1) is 22.7 Å². The van der Waals surface area contributed by atoms with E-state index >= 15 is 0 Å². The summed E-state index contributed by atoms with van der Waals surface area (Å²) >= 11 is 3.34. The molecule has 6 heteroatoms. The number of rotatable bonds is 5. The zero-order valence-electron chi connectivity index (χ0n) is 12.8. The molecule has 0 spiro atoms. The van der Waals surface area contributed by atoms with Crippen LogP contribution in [0.15, 0.2) is 40.7 Å². The molecule has 118 valence electrons. The highest BCUT2D eigenvalue weighted by Crippen LogP contribution is 2.30. The molecule has 0 aliphatic carbocycles. The lowest BCUT2D eigenvalue weighted by Crippen LogP contribution is -1.88. The van der Waals surface area contributed by atoms with E-state index in [9.17, 15) is 5.11 Å². The maximum atomic E-state index is 10.0. The van der Waals surface area contributed by atoms with Gasteiger partial charge in [0.2, 0.25) is 0 Å². The van der Waals surface area contributed by atoms with Crippen LogP contribution in [0.3, 0.4) is 0 Å². The Bertz CT molecular complexity index is 837. The third kappa shape index (κ3) is 3.60. The molecule has 0 aliphatic heterocycles. The minimum Gasteiger partial charge on any atom is -0.504 e. The van der Waals surface area contributed by atoms with Gasteiger partial charge in [0.15, 0.2) is 11.5 Å². The molecule has 0 amide bonds. The molecule has 0 saturated carbocycles. The molecule has 1 aromatic carbocycles. The number of benzene rings is 1. The largest absolute Gasteiger partial charge is 0.504 e. The number of methoxy groups -OCH3 is 1. The average molecular weight is 344 g/mol. The Balaban J connectivity index is 1.70. The molecule has 2 aromatic heterocycles. The summed E-state index contributed by atoms with van der Waals surface area (Å²) < 4.78 is 5.09. The van der Waals surface area contributed by atoms with E-state index in [1.807, 2.05) is 13.0 Å². The first-order valence-corrected chi connectivity index (χ1v) is 8.74. The molecule has 1 N–H and O–H groups in total. The molecule has 3 rings (SSSR count). The van der Waals surface area contributed by atoms with E-state index in [-0.39, 0.29) is 5.75 Å². The lowest BCUT2D eigenvalue weighted by Gasteiger charge is -2.04. The number of phenolic OH excluding ortho intramolecular Hbond substituents is 1. The van der Waals surface area contributed by atoms with Gasteiger partial charge in [-0.2, -0.15) is 0 Å². The maximum absolute atomic E-state index is 10.0. The third-order valence-electron chi connectivity index (χ3n) is 3.26. The summed E-state index contributed by atoms with van der Waals surface area (Å²) in [5.41, 5.74) is 1.68. The number of hydrogen-bond acceptors (Lipinski definition) is 6. The van der Waals surface area contributed by atoms with Crippen molar-refractivity contribution in [2.24, 2.45) is 4.99 Å². The first-order chi connectivity index (χ1) is 11.2. The minimum atomic E-state index is 0.114. The lowest BCUT2D eigenvalue weighted by atomic mass is 10.2. The van der Waals surface area contributed by atoms with Crippen molar-refractivity contribution in [3.05, 3.63) is 51.2 Å². The van der Waals surface area contributed by atoms with E-state index in [1.54, 1.807) is 41.0 Å². The van der Waals surface area contributed by atoms with Gasteiger partial charge in [0.25, 0.3) is 0 Å². The highest BCUT2D eigenvalue weighted by atomic mass is 32.1. The van der Waals surface area contributed by atoms with Crippen molar-refractivity contribution in [3.8, 4) is 22.1 Å². The monoisotopic (exact) mass is 344 g/mol. The number of aliphatic imine (C=N–C) groups is 1. The fourth-order valence-electron chi connectivity index (χ4n) is 2.12. The van der Waals surface area contributed by atoms with Gasteiger partial charge >= 0.3 is 0 Å². The predicted molar refractivity (Wildman–Crippen MR) is 96.1 cm³/mol. The molecule has 0 fully saturated rings. The maximum Gasteiger partial charge on any atom is 0.166 e. The van der Waals surface area contributed by atoms with Gasteiger partial charge in [0.1, 0.15) is 0 Å². The van der Waals surface area contributed by atoms with E-state index in [0.717, 1.165) is 20.5 Å². The number of ether oxygens (including phenoxy) is 1. The Morgan fingerprint density at radius 1 is 1.30 bits per heavy atom. The molecule has 3 aromatic rings. The van der Waals surface area contributed by atoms with Crippen LogP contribution in [-0.4, -0.2) is 23.4 Å². The standard InChI is InChI=1S/C17H16N2O2S2/c1-11-19-14(10-22-11)16-7-6-13(23-16)9-18-8-12-4-3-5-15(21-2)17(12)20/h3-8,10,20H,9H2,1-2H3. The fourth-order valence-corrected chi connectivity index (χ4v) is 3.71. The molecule has 0 bridgehead atoms. The number of aryl methyl sites for hydroxylation is 1. The zero-order valence-corrected chi connectivity index (χ0v) is 14.4. The number of aromatic hydroxyl groups is 1. The summed E-state index contributed by atoms with van der Waals surface area (Å²) in [6.07, 6.45) is 1.67. The Kier molecular flexibility index (Phi) is 4.73. The highest BCUT2D eigenvalue weighted by Gasteiger charge is 2.07. The van der Waals surface area contributed by atoms with Gasteiger partial charge in [-0.3, -0.25) is 4.99 Å². The minimum absolute atomic E-state index is 0.114. The van der Waals surface area contributed by atoms with Gasteiger partial charge in [-0.1, -0.05) is 6.07 Å². The topological polar surface area (TPSA) is 54.7 Å². The van der Waals surface area contributed by atoms with Crippen LogP contribution in [0.25, 0.3) is 10.6 Å². The Morgan fingerprint density at radius 2 is 2.17 bits per heavy atom. The Hall–Kier alpha value is -2.18. The summed E-state index contributed by atoms with van der Waals surface area (Å²) in [6.45, 7) is 2.58. The van der Waals surface area contributed by atoms with Crippen LogP contribution in [0, 0.1) is 6.92 Å². The van der Waals surface area contributed by atoms with Crippen LogP contribution in [0.1, 0.15) is 15.4 Å². The zero-order chi connectivity index (χ0) is 16.2. The molecule has 0 saturated heterocycles. The van der Waals surface area contributed by atoms with Crippen molar-refractivity contribution in [2.45, 2.75) is 13.5 Å². The number of para-hydroxylation sites is 1. The summed E-state index contributed by atoms with van der Waals surface area (Å²) in [7, 11) is 1.53. The molecule has 0 atom stereocenters. The van der Waals surface area contributed by atoms with E-state index in [1.165, 1.54) is 7.11 Å². The molecule has 0 aliphatic rings. The summed E-state index contributed by atoms with van der Waals surface area (Å²) in [5.74, 6) is 0.565. The van der Waals surface area contributed by atoms with Crippen molar-refractivity contribution < 1.29 is 9.84 Å². The van der Waals surface area contributed by atoms with E-state index in [4.69, 9.17) is 4.74 Å². The number of phenols is 1. The van der Waals surface area contributed by atoms with Crippen molar-refractivity contribution in [1.82, 2.24) is 4.98 Å². The molecule has 23 heavy (non-hydrogen) atoms. The van der Waals surface area contributed by atoms with Crippen molar-refractivity contribution in [2.75, 3.05) is 7.11 Å². The molecule has 0 radical (unpaired) electrons. The predicted octanol–water partition coefficient (Wildman–Crippen LogP) is 4.51. The van der Waals surface area contributed by atoms with E-state index < -0.39 is 0 Å². The quantitative estimate of drug-likeness (QED) is 0.693. The normalized spacial score (nSPS) is 11.2. The van der Waals surface area contributed by atoms with Crippen LogP contribution < -0.4 is 4.74 Å². The van der Waals surface area contributed by atoms with Crippen LogP contribution >= 0.6 is 22.7 Å². The number of nitrogens with zero attached hydrogens (tertiary/aromatic N) is 2. The first-order valence-electron chi connectivity index (χ1n) is 7.04. The summed E-state index contributed by atoms with van der Waals surface area (Å²) in [4.78, 5) is 11.2. The fraction of sp³-hybridized carbons (Fsp3) is 0.176. The molecule has 0 unspecified atom stereocenters.